The van der Waals surface area contributed by atoms with E-state index in [4.69, 9.17) is 4.74 Å². The molecule has 0 spiro atoms. The average Bonchev–Trinajstić information content (AvgIpc) is 2.14. The van der Waals surface area contributed by atoms with Crippen LogP contribution < -0.4 is 0 Å². The predicted molar refractivity (Wildman–Crippen MR) is 29.4 cm³/mol. The zero-order valence-corrected chi connectivity index (χ0v) is 5.06. The van der Waals surface area contributed by atoms with Gasteiger partial charge in [-0.2, -0.15) is 0 Å². The van der Waals surface area contributed by atoms with Crippen molar-refractivity contribution in [2.45, 2.75) is 6.92 Å². The lowest BCUT2D eigenvalue weighted by Gasteiger charge is -2.04. The number of hydrogen-bond acceptors (Lipinski definition) is 1. The highest BCUT2D eigenvalue weighted by molar-refractivity contribution is 4.69. The second-order valence-electron chi connectivity index (χ2n) is 2.43. The summed E-state index contributed by atoms with van der Waals surface area (Å²) in [5.41, 5.74) is 0. The molecule has 2 unspecified atom stereocenters. The highest BCUT2D eigenvalue weighted by Crippen LogP contribution is 2.19. The van der Waals surface area contributed by atoms with Crippen molar-refractivity contribution >= 4 is 0 Å². The Balaban J connectivity index is 2.30. The minimum atomic E-state index is -0.221. The van der Waals surface area contributed by atoms with Gasteiger partial charge in [0.15, 0.2) is 0 Å². The van der Waals surface area contributed by atoms with E-state index in [1.807, 2.05) is 6.92 Å². The Bertz CT molecular complexity index is 74.9. The summed E-state index contributed by atoms with van der Waals surface area (Å²) in [5.74, 6) is 0.606. The van der Waals surface area contributed by atoms with Crippen molar-refractivity contribution in [2.24, 2.45) is 11.8 Å². The lowest BCUT2D eigenvalue weighted by atomic mass is 10.0. The summed E-state index contributed by atoms with van der Waals surface area (Å²) < 4.78 is 16.9. The van der Waals surface area contributed by atoms with Crippen LogP contribution in [0.2, 0.25) is 0 Å². The van der Waals surface area contributed by atoms with E-state index in [0.29, 0.717) is 12.5 Å². The van der Waals surface area contributed by atoms with Gasteiger partial charge in [0, 0.05) is 12.5 Å². The van der Waals surface area contributed by atoms with Crippen molar-refractivity contribution in [3.8, 4) is 0 Å². The Labute approximate surface area is 48.8 Å². The topological polar surface area (TPSA) is 9.23 Å². The molecule has 1 rings (SSSR count). The van der Waals surface area contributed by atoms with Crippen molar-refractivity contribution in [2.75, 3.05) is 19.9 Å². The Morgan fingerprint density at radius 3 is 2.62 bits per heavy atom. The molecular weight excluding hydrogens is 107 g/mol. The first-order valence-electron chi connectivity index (χ1n) is 2.98. The van der Waals surface area contributed by atoms with Crippen LogP contribution in [0.5, 0.6) is 0 Å². The maximum absolute atomic E-state index is 11.9. The fraction of sp³-hybridized carbons (Fsp3) is 1.00. The van der Waals surface area contributed by atoms with Gasteiger partial charge in [-0.1, -0.05) is 6.92 Å². The Morgan fingerprint density at radius 1 is 1.62 bits per heavy atom. The van der Waals surface area contributed by atoms with Crippen LogP contribution in [0.25, 0.3) is 0 Å². The van der Waals surface area contributed by atoms with Crippen LogP contribution in [0.1, 0.15) is 6.92 Å². The van der Waals surface area contributed by atoms with Crippen LogP contribution in [-0.2, 0) is 4.74 Å². The molecule has 0 N–H and O–H groups in total. The number of hydrogen-bond donors (Lipinski definition) is 0. The fourth-order valence-electron chi connectivity index (χ4n) is 0.902. The van der Waals surface area contributed by atoms with Crippen LogP contribution in [-0.4, -0.2) is 19.9 Å². The van der Waals surface area contributed by atoms with Crippen molar-refractivity contribution in [1.82, 2.24) is 0 Å². The minimum Gasteiger partial charge on any atom is -0.381 e. The predicted octanol–water partition coefficient (Wildman–Crippen LogP) is 1.24. The molecule has 0 saturated carbocycles. The van der Waals surface area contributed by atoms with Crippen molar-refractivity contribution in [3.63, 3.8) is 0 Å². The molecule has 2 atom stereocenters. The van der Waals surface area contributed by atoms with Gasteiger partial charge in [0.25, 0.3) is 0 Å². The monoisotopic (exact) mass is 118 g/mol. The fourth-order valence-corrected chi connectivity index (χ4v) is 0.902. The van der Waals surface area contributed by atoms with Crippen molar-refractivity contribution in [3.05, 3.63) is 0 Å². The van der Waals surface area contributed by atoms with Crippen molar-refractivity contribution < 1.29 is 9.13 Å². The van der Waals surface area contributed by atoms with Gasteiger partial charge in [0.05, 0.1) is 13.3 Å². The maximum atomic E-state index is 11.9. The summed E-state index contributed by atoms with van der Waals surface area (Å²) in [7, 11) is 0. The van der Waals surface area contributed by atoms with E-state index < -0.39 is 0 Å². The SMILES string of the molecule is CC1COCC1CF. The molecule has 48 valence electrons. The molecule has 0 amide bonds. The molecule has 1 nitrogen and oxygen atoms in total. The second kappa shape index (κ2) is 2.44. The normalized spacial score (nSPS) is 38.2. The zero-order valence-electron chi connectivity index (χ0n) is 5.06. The largest absolute Gasteiger partial charge is 0.381 e. The highest BCUT2D eigenvalue weighted by atomic mass is 19.1. The quantitative estimate of drug-likeness (QED) is 0.503. The molecule has 0 radical (unpaired) electrons. The van der Waals surface area contributed by atoms with Crippen LogP contribution >= 0.6 is 0 Å². The van der Waals surface area contributed by atoms with Crippen LogP contribution in [0, 0.1) is 11.8 Å². The molecule has 1 saturated heterocycles. The number of rotatable bonds is 1. The third-order valence-electron chi connectivity index (χ3n) is 1.72. The lowest BCUT2D eigenvalue weighted by molar-refractivity contribution is 0.177. The van der Waals surface area contributed by atoms with E-state index >= 15 is 0 Å². The maximum Gasteiger partial charge on any atom is 0.0948 e. The third kappa shape index (κ3) is 0.996. The number of halogens is 1. The van der Waals surface area contributed by atoms with Gasteiger partial charge in [-0.15, -0.1) is 0 Å². The molecule has 1 fully saturated rings. The van der Waals surface area contributed by atoms with Crippen LogP contribution in [0.3, 0.4) is 0 Å². The molecule has 1 aliphatic rings. The summed E-state index contributed by atoms with van der Waals surface area (Å²) in [4.78, 5) is 0. The van der Waals surface area contributed by atoms with E-state index in [1.54, 1.807) is 0 Å². The molecule has 0 aromatic heterocycles. The standard InChI is InChI=1S/C6H11FO/c1-5-3-8-4-6(5)2-7/h5-6H,2-4H2,1H3. The van der Waals surface area contributed by atoms with Gasteiger partial charge in [-0.05, 0) is 5.92 Å². The third-order valence-corrected chi connectivity index (χ3v) is 1.72. The van der Waals surface area contributed by atoms with E-state index in [-0.39, 0.29) is 12.6 Å². The summed E-state index contributed by atoms with van der Waals surface area (Å²) in [5, 5.41) is 0. The van der Waals surface area contributed by atoms with Crippen LogP contribution in [0.4, 0.5) is 4.39 Å². The second-order valence-corrected chi connectivity index (χ2v) is 2.43. The van der Waals surface area contributed by atoms with E-state index in [0.717, 1.165) is 6.61 Å². The van der Waals surface area contributed by atoms with Crippen LogP contribution in [0.15, 0.2) is 0 Å². The average molecular weight is 118 g/mol. The van der Waals surface area contributed by atoms with Gasteiger partial charge in [-0.3, -0.25) is 4.39 Å². The van der Waals surface area contributed by atoms with Gasteiger partial charge in [-0.25, -0.2) is 0 Å². The highest BCUT2D eigenvalue weighted by Gasteiger charge is 2.23. The summed E-state index contributed by atoms with van der Waals surface area (Å²) in [6.07, 6.45) is 0. The molecule has 2 heteroatoms. The molecule has 0 bridgehead atoms. The van der Waals surface area contributed by atoms with E-state index in [1.165, 1.54) is 0 Å². The van der Waals surface area contributed by atoms with Crippen molar-refractivity contribution in [1.29, 1.82) is 0 Å². The first-order valence-corrected chi connectivity index (χ1v) is 2.98. The first-order chi connectivity index (χ1) is 3.84. The molecule has 8 heavy (non-hydrogen) atoms. The van der Waals surface area contributed by atoms with Gasteiger partial charge in [0.2, 0.25) is 0 Å². The molecule has 0 aromatic rings. The van der Waals surface area contributed by atoms with E-state index in [2.05, 4.69) is 0 Å². The molecule has 0 aliphatic carbocycles. The lowest BCUT2D eigenvalue weighted by Crippen LogP contribution is -2.09. The summed E-state index contributed by atoms with van der Waals surface area (Å²) in [6.45, 7) is 3.17. The van der Waals surface area contributed by atoms with E-state index in [9.17, 15) is 4.39 Å². The molecule has 1 heterocycles. The molecule has 1 aliphatic heterocycles. The van der Waals surface area contributed by atoms with Gasteiger partial charge < -0.3 is 4.74 Å². The molecule has 0 aromatic carbocycles. The Hall–Kier alpha value is -0.110. The van der Waals surface area contributed by atoms with Gasteiger partial charge >= 0.3 is 0 Å². The first kappa shape index (κ1) is 6.02. The summed E-state index contributed by atoms with van der Waals surface area (Å²) >= 11 is 0. The number of ether oxygens (including phenoxy) is 1. The summed E-state index contributed by atoms with van der Waals surface area (Å²) in [6, 6.07) is 0. The minimum absolute atomic E-state index is 0.176. The Morgan fingerprint density at radius 2 is 2.38 bits per heavy atom. The zero-order chi connectivity index (χ0) is 5.98. The smallest absolute Gasteiger partial charge is 0.0948 e. The van der Waals surface area contributed by atoms with Gasteiger partial charge in [0.1, 0.15) is 0 Å². The number of alkyl halides is 1. The molecular formula is C6H11FO. The Kier molecular flexibility index (Phi) is 1.84.